The average Bonchev–Trinajstić information content (AvgIpc) is 3.07. The summed E-state index contributed by atoms with van der Waals surface area (Å²) in [5.74, 6) is 0.170. The summed E-state index contributed by atoms with van der Waals surface area (Å²) in [6.45, 7) is 0.521. The van der Waals surface area contributed by atoms with Gasteiger partial charge in [0.1, 0.15) is 12.7 Å². The van der Waals surface area contributed by atoms with E-state index in [1.165, 1.54) is 6.33 Å². The molecule has 2 unspecified atom stereocenters. The molecule has 3 N–H and O–H groups in total. The molecule has 2 aromatic rings. The van der Waals surface area contributed by atoms with Crippen molar-refractivity contribution in [3.63, 3.8) is 0 Å². The highest BCUT2D eigenvalue weighted by molar-refractivity contribution is 5.85. The zero-order chi connectivity index (χ0) is 15.4. The number of carbonyl (C=O) groups excluding carboxylic acids is 1. The Morgan fingerprint density at radius 1 is 1.39 bits per heavy atom. The Kier molecular flexibility index (Phi) is 6.12. The van der Waals surface area contributed by atoms with Crippen molar-refractivity contribution in [1.29, 1.82) is 0 Å². The third-order valence-corrected chi connectivity index (χ3v) is 4.15. The molecule has 0 saturated heterocycles. The van der Waals surface area contributed by atoms with Crippen LogP contribution in [-0.4, -0.2) is 26.7 Å². The summed E-state index contributed by atoms with van der Waals surface area (Å²) >= 11 is 0. The van der Waals surface area contributed by atoms with Gasteiger partial charge >= 0.3 is 0 Å². The summed E-state index contributed by atoms with van der Waals surface area (Å²) < 4.78 is 1.70. The van der Waals surface area contributed by atoms with Crippen molar-refractivity contribution in [2.45, 2.75) is 38.3 Å². The van der Waals surface area contributed by atoms with Crippen LogP contribution < -0.4 is 11.1 Å². The van der Waals surface area contributed by atoms with Crippen LogP contribution in [-0.2, 0) is 11.3 Å². The van der Waals surface area contributed by atoms with Crippen LogP contribution in [0.15, 0.2) is 36.9 Å². The van der Waals surface area contributed by atoms with E-state index in [0.29, 0.717) is 6.54 Å². The van der Waals surface area contributed by atoms with Crippen molar-refractivity contribution < 1.29 is 4.79 Å². The molecule has 0 bridgehead atoms. The molecule has 2 atom stereocenters. The molecule has 1 saturated carbocycles. The lowest BCUT2D eigenvalue weighted by Crippen LogP contribution is -2.37. The molecule has 1 heterocycles. The first-order chi connectivity index (χ1) is 10.7. The van der Waals surface area contributed by atoms with E-state index in [2.05, 4.69) is 15.4 Å². The molecule has 1 aromatic carbocycles. The molecule has 1 aromatic heterocycles. The zero-order valence-corrected chi connectivity index (χ0v) is 13.7. The Hall–Kier alpha value is -1.92. The van der Waals surface area contributed by atoms with Crippen LogP contribution in [0.4, 0.5) is 0 Å². The van der Waals surface area contributed by atoms with Crippen LogP contribution in [0.1, 0.15) is 31.2 Å². The van der Waals surface area contributed by atoms with Gasteiger partial charge in [-0.05, 0) is 37.0 Å². The fraction of sp³-hybridized carbons (Fsp3) is 0.438. The van der Waals surface area contributed by atoms with Crippen molar-refractivity contribution in [1.82, 2.24) is 20.1 Å². The summed E-state index contributed by atoms with van der Waals surface area (Å²) in [6, 6.07) is 8.07. The van der Waals surface area contributed by atoms with Gasteiger partial charge in [0.15, 0.2) is 0 Å². The lowest BCUT2D eigenvalue weighted by Gasteiger charge is -2.25. The summed E-state index contributed by atoms with van der Waals surface area (Å²) in [4.78, 5) is 16.2. The summed E-state index contributed by atoms with van der Waals surface area (Å²) in [7, 11) is 0. The average molecular weight is 336 g/mol. The maximum Gasteiger partial charge on any atom is 0.223 e. The zero-order valence-electron chi connectivity index (χ0n) is 12.9. The SMILES string of the molecule is Cl.NC1CCCC(C(=O)NCc2cccc(-n3cncn3)c2)C1. The Labute approximate surface area is 141 Å². The number of carbonyl (C=O) groups is 1. The van der Waals surface area contributed by atoms with Gasteiger partial charge in [-0.1, -0.05) is 18.6 Å². The van der Waals surface area contributed by atoms with Gasteiger partial charge in [0.25, 0.3) is 0 Å². The first-order valence-corrected chi connectivity index (χ1v) is 7.69. The Morgan fingerprint density at radius 2 is 2.26 bits per heavy atom. The molecule has 6 nitrogen and oxygen atoms in total. The maximum absolute atomic E-state index is 12.2. The predicted octanol–water partition coefficient (Wildman–Crippen LogP) is 1.82. The highest BCUT2D eigenvalue weighted by atomic mass is 35.5. The predicted molar refractivity (Wildman–Crippen MR) is 90.4 cm³/mol. The minimum atomic E-state index is 0. The summed E-state index contributed by atoms with van der Waals surface area (Å²) in [6.07, 6.45) is 6.97. The van der Waals surface area contributed by atoms with Crippen LogP contribution >= 0.6 is 12.4 Å². The van der Waals surface area contributed by atoms with Gasteiger partial charge in [-0.3, -0.25) is 4.79 Å². The summed E-state index contributed by atoms with van der Waals surface area (Å²) in [5.41, 5.74) is 7.93. The molecule has 124 valence electrons. The van der Waals surface area contributed by atoms with E-state index in [1.54, 1.807) is 11.0 Å². The van der Waals surface area contributed by atoms with E-state index < -0.39 is 0 Å². The number of amides is 1. The molecule has 1 aliphatic carbocycles. The minimum absolute atomic E-state index is 0. The van der Waals surface area contributed by atoms with Gasteiger partial charge in [0, 0.05) is 18.5 Å². The topological polar surface area (TPSA) is 85.8 Å². The normalized spacial score (nSPS) is 20.6. The van der Waals surface area contributed by atoms with Gasteiger partial charge in [-0.15, -0.1) is 12.4 Å². The van der Waals surface area contributed by atoms with E-state index in [-0.39, 0.29) is 30.3 Å². The number of benzene rings is 1. The van der Waals surface area contributed by atoms with Crippen molar-refractivity contribution >= 4 is 18.3 Å². The second kappa shape index (κ2) is 8.08. The highest BCUT2D eigenvalue weighted by Gasteiger charge is 2.24. The van der Waals surface area contributed by atoms with Crippen LogP contribution in [0.3, 0.4) is 0 Å². The molecular formula is C16H22ClN5O. The fourth-order valence-electron chi connectivity index (χ4n) is 2.95. The molecule has 1 amide bonds. The largest absolute Gasteiger partial charge is 0.352 e. The van der Waals surface area contributed by atoms with Gasteiger partial charge in [-0.25, -0.2) is 9.67 Å². The van der Waals surface area contributed by atoms with Gasteiger partial charge in [0.2, 0.25) is 5.91 Å². The van der Waals surface area contributed by atoms with Crippen LogP contribution in [0, 0.1) is 5.92 Å². The Bertz CT molecular complexity index is 631. The number of rotatable bonds is 4. The molecule has 0 aliphatic heterocycles. The monoisotopic (exact) mass is 335 g/mol. The molecule has 7 heteroatoms. The number of hydrogen-bond acceptors (Lipinski definition) is 4. The molecule has 23 heavy (non-hydrogen) atoms. The van der Waals surface area contributed by atoms with Gasteiger partial charge in [-0.2, -0.15) is 5.10 Å². The Morgan fingerprint density at radius 3 is 3.00 bits per heavy atom. The lowest BCUT2D eigenvalue weighted by atomic mass is 9.85. The van der Waals surface area contributed by atoms with E-state index in [0.717, 1.165) is 36.9 Å². The minimum Gasteiger partial charge on any atom is -0.352 e. The second-order valence-electron chi connectivity index (χ2n) is 5.85. The quantitative estimate of drug-likeness (QED) is 0.892. The van der Waals surface area contributed by atoms with E-state index >= 15 is 0 Å². The van der Waals surface area contributed by atoms with Gasteiger partial charge < -0.3 is 11.1 Å². The standard InChI is InChI=1S/C16H21N5O.ClH/c17-14-5-2-4-13(8-14)16(22)19-9-12-3-1-6-15(7-12)21-11-18-10-20-21;/h1,3,6-7,10-11,13-14H,2,4-5,8-9,17H2,(H,19,22);1H. The van der Waals surface area contributed by atoms with E-state index in [1.807, 2.05) is 24.3 Å². The van der Waals surface area contributed by atoms with E-state index in [9.17, 15) is 4.79 Å². The summed E-state index contributed by atoms with van der Waals surface area (Å²) in [5, 5.41) is 7.13. The number of nitrogens with two attached hydrogens (primary N) is 1. The van der Waals surface area contributed by atoms with E-state index in [4.69, 9.17) is 5.73 Å². The number of hydrogen-bond donors (Lipinski definition) is 2. The smallest absolute Gasteiger partial charge is 0.223 e. The highest BCUT2D eigenvalue weighted by Crippen LogP contribution is 2.23. The molecule has 0 spiro atoms. The van der Waals surface area contributed by atoms with Crippen LogP contribution in [0.2, 0.25) is 0 Å². The van der Waals surface area contributed by atoms with Crippen molar-refractivity contribution in [3.05, 3.63) is 42.5 Å². The van der Waals surface area contributed by atoms with Crippen LogP contribution in [0.25, 0.3) is 5.69 Å². The lowest BCUT2D eigenvalue weighted by molar-refractivity contribution is -0.126. The molecule has 3 rings (SSSR count). The van der Waals surface area contributed by atoms with Crippen molar-refractivity contribution in [2.75, 3.05) is 0 Å². The number of nitrogens with one attached hydrogen (secondary N) is 1. The molecule has 0 radical (unpaired) electrons. The van der Waals surface area contributed by atoms with Crippen LogP contribution in [0.5, 0.6) is 0 Å². The fourth-order valence-corrected chi connectivity index (χ4v) is 2.95. The maximum atomic E-state index is 12.2. The van der Waals surface area contributed by atoms with Crippen molar-refractivity contribution in [3.8, 4) is 5.69 Å². The molecule has 1 fully saturated rings. The number of nitrogens with zero attached hydrogens (tertiary/aromatic N) is 3. The first-order valence-electron chi connectivity index (χ1n) is 7.69. The van der Waals surface area contributed by atoms with Crippen molar-refractivity contribution in [2.24, 2.45) is 11.7 Å². The Balaban J connectivity index is 0.00000192. The molecular weight excluding hydrogens is 314 g/mol. The number of aromatic nitrogens is 3. The van der Waals surface area contributed by atoms with Gasteiger partial charge in [0.05, 0.1) is 5.69 Å². The first kappa shape index (κ1) is 17.4. The molecule has 1 aliphatic rings. The number of halogens is 1. The third kappa shape index (κ3) is 4.53. The third-order valence-electron chi connectivity index (χ3n) is 4.15. The second-order valence-corrected chi connectivity index (χ2v) is 5.85.